The molecule has 1 aliphatic carbocycles. The average Bonchev–Trinajstić information content (AvgIpc) is 3.14. The highest BCUT2D eigenvalue weighted by Crippen LogP contribution is 2.34. The molecule has 5 nitrogen and oxygen atoms in total. The Bertz CT molecular complexity index is 608. The molecule has 0 aromatic carbocycles. The highest BCUT2D eigenvalue weighted by molar-refractivity contribution is 7.15. The number of H-pyrrole nitrogens is 1. The number of aromatic amines is 1. The monoisotopic (exact) mass is 303 g/mol. The number of thiophene rings is 1. The van der Waals surface area contributed by atoms with Gasteiger partial charge in [-0.05, 0) is 44.2 Å². The molecule has 112 valence electrons. The molecule has 0 radical (unpaired) electrons. The molecule has 2 aromatic heterocycles. The summed E-state index contributed by atoms with van der Waals surface area (Å²) in [5.74, 6) is 1.76. The lowest BCUT2D eigenvalue weighted by molar-refractivity contribution is 0.480. The summed E-state index contributed by atoms with van der Waals surface area (Å²) in [7, 11) is 0. The van der Waals surface area contributed by atoms with Crippen LogP contribution in [-0.4, -0.2) is 40.9 Å². The minimum absolute atomic E-state index is 0.495. The summed E-state index contributed by atoms with van der Waals surface area (Å²) >= 11 is 1.88. The number of hydrogen-bond donors (Lipinski definition) is 2. The van der Waals surface area contributed by atoms with E-state index < -0.39 is 0 Å². The first-order valence-electron chi connectivity index (χ1n) is 7.82. The third-order valence-electron chi connectivity index (χ3n) is 4.36. The fourth-order valence-electron chi connectivity index (χ4n) is 3.23. The zero-order valence-corrected chi connectivity index (χ0v) is 13.2. The van der Waals surface area contributed by atoms with Crippen LogP contribution < -0.4 is 10.2 Å². The van der Waals surface area contributed by atoms with Gasteiger partial charge in [0.05, 0.1) is 4.88 Å². The number of piperazine rings is 1. The van der Waals surface area contributed by atoms with E-state index in [1.165, 1.54) is 36.1 Å². The van der Waals surface area contributed by atoms with Crippen LogP contribution in [0.5, 0.6) is 0 Å². The largest absolute Gasteiger partial charge is 0.337 e. The van der Waals surface area contributed by atoms with Crippen molar-refractivity contribution in [1.82, 2.24) is 20.5 Å². The van der Waals surface area contributed by atoms with Crippen LogP contribution in [0.4, 0.5) is 5.95 Å². The predicted octanol–water partition coefficient (Wildman–Crippen LogP) is 2.21. The summed E-state index contributed by atoms with van der Waals surface area (Å²) in [5.41, 5.74) is 1.52. The fraction of sp³-hybridized carbons (Fsp3) is 0.600. The molecule has 0 saturated carbocycles. The zero-order chi connectivity index (χ0) is 14.2. The quantitative estimate of drug-likeness (QED) is 0.893. The molecule has 6 heteroatoms. The van der Waals surface area contributed by atoms with Gasteiger partial charge in [-0.2, -0.15) is 4.98 Å². The van der Waals surface area contributed by atoms with Crippen LogP contribution in [0.1, 0.15) is 30.2 Å². The SMILES string of the molecule is CC1CN(c2n[nH]c(-c3cc4c(s3)CCCC4)n2)CCN1. The van der Waals surface area contributed by atoms with Gasteiger partial charge in [-0.1, -0.05) is 0 Å². The molecule has 2 N–H and O–H groups in total. The molecule has 0 amide bonds. The Morgan fingerprint density at radius 1 is 1.33 bits per heavy atom. The number of fused-ring (bicyclic) bond motifs is 1. The first kappa shape index (κ1) is 13.3. The summed E-state index contributed by atoms with van der Waals surface area (Å²) in [6, 6.07) is 2.80. The lowest BCUT2D eigenvalue weighted by Crippen LogP contribution is -2.49. The molecule has 3 heterocycles. The minimum Gasteiger partial charge on any atom is -0.337 e. The summed E-state index contributed by atoms with van der Waals surface area (Å²) < 4.78 is 0. The molecule has 0 bridgehead atoms. The van der Waals surface area contributed by atoms with Gasteiger partial charge in [0.2, 0.25) is 5.95 Å². The minimum atomic E-state index is 0.495. The molecule has 4 rings (SSSR count). The van der Waals surface area contributed by atoms with Gasteiger partial charge in [-0.25, -0.2) is 0 Å². The molecule has 21 heavy (non-hydrogen) atoms. The number of anilines is 1. The summed E-state index contributed by atoms with van der Waals surface area (Å²) in [6.07, 6.45) is 5.11. The maximum atomic E-state index is 4.72. The molecule has 1 unspecified atom stereocenters. The van der Waals surface area contributed by atoms with Crippen LogP contribution in [0.15, 0.2) is 6.07 Å². The van der Waals surface area contributed by atoms with Crippen molar-refractivity contribution in [1.29, 1.82) is 0 Å². The van der Waals surface area contributed by atoms with Crippen molar-refractivity contribution < 1.29 is 0 Å². The van der Waals surface area contributed by atoms with E-state index in [1.54, 1.807) is 4.88 Å². The van der Waals surface area contributed by atoms with Crippen LogP contribution in [0, 0.1) is 0 Å². The second-order valence-electron chi connectivity index (χ2n) is 6.05. The lowest BCUT2D eigenvalue weighted by atomic mass is 9.99. The molecular weight excluding hydrogens is 282 g/mol. The summed E-state index contributed by atoms with van der Waals surface area (Å²) in [4.78, 5) is 9.77. The Hall–Kier alpha value is -1.40. The Labute approximate surface area is 128 Å². The standard InChI is InChI=1S/C15H21N5S/c1-10-9-20(7-6-16-10)15-17-14(18-19-15)13-8-11-4-2-3-5-12(11)21-13/h8,10,16H,2-7,9H2,1H3,(H,17,18,19). The van der Waals surface area contributed by atoms with E-state index in [4.69, 9.17) is 4.98 Å². The van der Waals surface area contributed by atoms with Crippen molar-refractivity contribution in [2.45, 2.75) is 38.6 Å². The first-order chi connectivity index (χ1) is 10.3. The Kier molecular flexibility index (Phi) is 3.43. The van der Waals surface area contributed by atoms with E-state index >= 15 is 0 Å². The Morgan fingerprint density at radius 3 is 3.10 bits per heavy atom. The van der Waals surface area contributed by atoms with Gasteiger partial charge in [-0.15, -0.1) is 16.4 Å². The maximum Gasteiger partial charge on any atom is 0.245 e. The van der Waals surface area contributed by atoms with E-state index in [-0.39, 0.29) is 0 Å². The second-order valence-corrected chi connectivity index (χ2v) is 7.19. The lowest BCUT2D eigenvalue weighted by Gasteiger charge is -2.30. The smallest absolute Gasteiger partial charge is 0.245 e. The average molecular weight is 303 g/mol. The molecule has 1 saturated heterocycles. The van der Waals surface area contributed by atoms with Crippen LogP contribution in [-0.2, 0) is 12.8 Å². The van der Waals surface area contributed by atoms with E-state index in [0.717, 1.165) is 31.4 Å². The van der Waals surface area contributed by atoms with Gasteiger partial charge in [0.1, 0.15) is 0 Å². The van der Waals surface area contributed by atoms with Crippen molar-refractivity contribution in [3.05, 3.63) is 16.5 Å². The number of aromatic nitrogens is 3. The molecular formula is C15H21N5S. The Balaban J connectivity index is 1.57. The van der Waals surface area contributed by atoms with Crippen molar-refractivity contribution in [2.24, 2.45) is 0 Å². The first-order valence-corrected chi connectivity index (χ1v) is 8.64. The number of aryl methyl sites for hydroxylation is 2. The number of rotatable bonds is 2. The molecule has 1 aliphatic heterocycles. The van der Waals surface area contributed by atoms with Gasteiger partial charge in [0.25, 0.3) is 0 Å². The second kappa shape index (κ2) is 5.42. The van der Waals surface area contributed by atoms with Gasteiger partial charge in [-0.3, -0.25) is 5.10 Å². The topological polar surface area (TPSA) is 56.8 Å². The highest BCUT2D eigenvalue weighted by atomic mass is 32.1. The number of nitrogens with zero attached hydrogens (tertiary/aromatic N) is 3. The fourth-order valence-corrected chi connectivity index (χ4v) is 4.42. The van der Waals surface area contributed by atoms with Crippen LogP contribution in [0.25, 0.3) is 10.7 Å². The van der Waals surface area contributed by atoms with E-state index in [1.807, 2.05) is 11.3 Å². The molecule has 2 aromatic rings. The van der Waals surface area contributed by atoms with E-state index in [9.17, 15) is 0 Å². The van der Waals surface area contributed by atoms with E-state index in [0.29, 0.717) is 6.04 Å². The van der Waals surface area contributed by atoms with Crippen molar-refractivity contribution in [2.75, 3.05) is 24.5 Å². The van der Waals surface area contributed by atoms with Crippen LogP contribution in [0.2, 0.25) is 0 Å². The molecule has 0 spiro atoms. The molecule has 1 fully saturated rings. The third-order valence-corrected chi connectivity index (χ3v) is 5.60. The van der Waals surface area contributed by atoms with E-state index in [2.05, 4.69) is 33.4 Å². The summed E-state index contributed by atoms with van der Waals surface area (Å²) in [6.45, 7) is 5.15. The van der Waals surface area contributed by atoms with Gasteiger partial charge >= 0.3 is 0 Å². The predicted molar refractivity (Wildman–Crippen MR) is 86.0 cm³/mol. The van der Waals surface area contributed by atoms with Gasteiger partial charge < -0.3 is 10.2 Å². The number of nitrogens with one attached hydrogen (secondary N) is 2. The Morgan fingerprint density at radius 2 is 2.24 bits per heavy atom. The van der Waals surface area contributed by atoms with Gasteiger partial charge in [0.15, 0.2) is 5.82 Å². The normalized spacial score (nSPS) is 22.3. The highest BCUT2D eigenvalue weighted by Gasteiger charge is 2.21. The van der Waals surface area contributed by atoms with Crippen molar-refractivity contribution in [3.63, 3.8) is 0 Å². The van der Waals surface area contributed by atoms with Gasteiger partial charge in [0, 0.05) is 30.6 Å². The number of hydrogen-bond acceptors (Lipinski definition) is 5. The van der Waals surface area contributed by atoms with Crippen LogP contribution in [0.3, 0.4) is 0 Å². The van der Waals surface area contributed by atoms with Crippen molar-refractivity contribution in [3.8, 4) is 10.7 Å². The molecule has 2 aliphatic rings. The summed E-state index contributed by atoms with van der Waals surface area (Å²) in [5, 5.41) is 11.0. The third kappa shape index (κ3) is 2.58. The van der Waals surface area contributed by atoms with Crippen LogP contribution >= 0.6 is 11.3 Å². The zero-order valence-electron chi connectivity index (χ0n) is 12.4. The molecule has 1 atom stereocenters. The van der Waals surface area contributed by atoms with Crippen molar-refractivity contribution >= 4 is 17.3 Å². The maximum absolute atomic E-state index is 4.72.